The van der Waals surface area contributed by atoms with Crippen molar-refractivity contribution in [2.24, 2.45) is 0 Å². The number of rotatable bonds is 10. The van der Waals surface area contributed by atoms with Crippen LogP contribution in [0.25, 0.3) is 0 Å². The number of nitrogens with zero attached hydrogens (tertiary/aromatic N) is 1. The molecule has 2 aromatic rings. The van der Waals surface area contributed by atoms with Gasteiger partial charge in [-0.15, -0.1) is 11.8 Å². The number of benzene rings is 2. The molecule has 2 amide bonds. The third-order valence-corrected chi connectivity index (χ3v) is 5.78. The van der Waals surface area contributed by atoms with Gasteiger partial charge >= 0.3 is 0 Å². The third-order valence-electron chi connectivity index (χ3n) is 4.79. The molecule has 0 saturated heterocycles. The molecule has 2 rings (SSSR count). The first kappa shape index (κ1) is 23.9. The van der Waals surface area contributed by atoms with E-state index in [1.807, 2.05) is 6.92 Å². The first-order valence-corrected chi connectivity index (χ1v) is 11.4. The molecule has 0 bridgehead atoms. The molecule has 0 spiro atoms. The van der Waals surface area contributed by atoms with Gasteiger partial charge in [0.25, 0.3) is 0 Å². The topological polar surface area (TPSA) is 49.4 Å². The van der Waals surface area contributed by atoms with Crippen LogP contribution in [0.3, 0.4) is 0 Å². The zero-order valence-corrected chi connectivity index (χ0v) is 19.0. The minimum Gasteiger partial charge on any atom is -0.354 e. The number of amides is 2. The van der Waals surface area contributed by atoms with Crippen molar-refractivity contribution in [1.29, 1.82) is 0 Å². The molecule has 1 N–H and O–H groups in total. The van der Waals surface area contributed by atoms with Gasteiger partial charge in [0.2, 0.25) is 11.8 Å². The van der Waals surface area contributed by atoms with Gasteiger partial charge in [0, 0.05) is 24.4 Å². The second-order valence-corrected chi connectivity index (χ2v) is 8.55. The summed E-state index contributed by atoms with van der Waals surface area (Å²) in [6, 6.07) is 12.0. The summed E-state index contributed by atoms with van der Waals surface area (Å²) >= 11 is 1.51. The Labute approximate surface area is 183 Å². The number of hydrogen-bond acceptors (Lipinski definition) is 3. The molecule has 0 aliphatic carbocycles. The maximum absolute atomic E-state index is 14.2. The molecule has 4 nitrogen and oxygen atoms in total. The summed E-state index contributed by atoms with van der Waals surface area (Å²) in [5.41, 5.74) is 3.96. The summed E-state index contributed by atoms with van der Waals surface area (Å²) in [6.45, 7) is 8.38. The van der Waals surface area contributed by atoms with Crippen LogP contribution in [0.4, 0.5) is 4.39 Å². The van der Waals surface area contributed by atoms with E-state index < -0.39 is 6.04 Å². The Morgan fingerprint density at radius 2 is 1.80 bits per heavy atom. The molecule has 0 aliphatic heterocycles. The van der Waals surface area contributed by atoms with Crippen LogP contribution < -0.4 is 5.32 Å². The molecular formula is C24H31FN2O2S. The molecule has 0 aromatic heterocycles. The van der Waals surface area contributed by atoms with E-state index in [-0.39, 0.29) is 29.9 Å². The van der Waals surface area contributed by atoms with Crippen LogP contribution in [-0.4, -0.2) is 35.1 Å². The van der Waals surface area contributed by atoms with Gasteiger partial charge in [-0.05, 0) is 38.8 Å². The molecule has 1 unspecified atom stereocenters. The van der Waals surface area contributed by atoms with Gasteiger partial charge in [0.15, 0.2) is 0 Å². The van der Waals surface area contributed by atoms with Crippen molar-refractivity contribution in [2.75, 3.05) is 12.3 Å². The van der Waals surface area contributed by atoms with Gasteiger partial charge in [0.05, 0.1) is 5.75 Å². The van der Waals surface area contributed by atoms with Crippen molar-refractivity contribution in [3.63, 3.8) is 0 Å². The summed E-state index contributed by atoms with van der Waals surface area (Å²) in [6.07, 6.45) is 0.811. The third kappa shape index (κ3) is 7.17. The summed E-state index contributed by atoms with van der Waals surface area (Å²) in [4.78, 5) is 27.0. The summed E-state index contributed by atoms with van der Waals surface area (Å²) < 4.78 is 14.2. The Bertz CT molecular complexity index is 852. The molecule has 162 valence electrons. The lowest BCUT2D eigenvalue weighted by Crippen LogP contribution is -2.48. The first-order valence-electron chi connectivity index (χ1n) is 10.3. The van der Waals surface area contributed by atoms with Crippen molar-refractivity contribution in [2.45, 2.75) is 52.5 Å². The van der Waals surface area contributed by atoms with Crippen molar-refractivity contribution in [1.82, 2.24) is 10.2 Å². The molecule has 0 saturated carbocycles. The van der Waals surface area contributed by atoms with Crippen LogP contribution in [0.5, 0.6) is 0 Å². The van der Waals surface area contributed by atoms with Gasteiger partial charge in [-0.25, -0.2) is 4.39 Å². The fourth-order valence-electron chi connectivity index (χ4n) is 3.28. The zero-order valence-electron chi connectivity index (χ0n) is 18.2. The molecule has 0 fully saturated rings. The number of aryl methyl sites for hydroxylation is 2. The second kappa shape index (κ2) is 11.7. The average Bonchev–Trinajstić information content (AvgIpc) is 2.70. The molecule has 0 radical (unpaired) electrons. The van der Waals surface area contributed by atoms with E-state index in [2.05, 4.69) is 37.4 Å². The van der Waals surface area contributed by atoms with E-state index >= 15 is 0 Å². The van der Waals surface area contributed by atoms with E-state index in [1.54, 1.807) is 25.1 Å². The van der Waals surface area contributed by atoms with Crippen molar-refractivity contribution < 1.29 is 14.0 Å². The lowest BCUT2D eigenvalue weighted by atomic mass is 10.1. The van der Waals surface area contributed by atoms with Crippen molar-refractivity contribution in [3.05, 3.63) is 70.5 Å². The Balaban J connectivity index is 2.08. The lowest BCUT2D eigenvalue weighted by Gasteiger charge is -2.29. The smallest absolute Gasteiger partial charge is 0.242 e. The Morgan fingerprint density at radius 3 is 2.43 bits per heavy atom. The fraction of sp³-hybridized carbons (Fsp3) is 0.417. The van der Waals surface area contributed by atoms with Gasteiger partial charge in [0.1, 0.15) is 11.9 Å². The van der Waals surface area contributed by atoms with E-state index in [9.17, 15) is 14.0 Å². The van der Waals surface area contributed by atoms with Crippen LogP contribution in [0.2, 0.25) is 0 Å². The zero-order chi connectivity index (χ0) is 22.1. The molecule has 2 aromatic carbocycles. The highest BCUT2D eigenvalue weighted by atomic mass is 32.2. The molecule has 0 aliphatic rings. The Hall–Kier alpha value is -2.34. The lowest BCUT2D eigenvalue weighted by molar-refractivity contribution is -0.138. The standard InChI is InChI=1S/C24H31FN2O2S/c1-5-10-26-24(29)19(4)27(14-21-8-6-7-9-22(21)25)23(28)16-30-15-20-12-17(2)11-18(3)13-20/h6-9,11-13,19H,5,10,14-16H2,1-4H3,(H,26,29). The Kier molecular flexibility index (Phi) is 9.37. The van der Waals surface area contributed by atoms with Gasteiger partial charge in [-0.2, -0.15) is 0 Å². The number of nitrogens with one attached hydrogen (secondary N) is 1. The number of carbonyl (C=O) groups is 2. The van der Waals surface area contributed by atoms with Crippen molar-refractivity contribution >= 4 is 23.6 Å². The molecular weight excluding hydrogens is 399 g/mol. The minimum absolute atomic E-state index is 0.0658. The van der Waals surface area contributed by atoms with Crippen LogP contribution >= 0.6 is 11.8 Å². The Morgan fingerprint density at radius 1 is 1.13 bits per heavy atom. The van der Waals surface area contributed by atoms with Crippen LogP contribution in [0.15, 0.2) is 42.5 Å². The highest BCUT2D eigenvalue weighted by molar-refractivity contribution is 7.99. The maximum Gasteiger partial charge on any atom is 0.242 e. The maximum atomic E-state index is 14.2. The molecule has 0 heterocycles. The van der Waals surface area contributed by atoms with Crippen LogP contribution in [0.1, 0.15) is 42.5 Å². The first-order chi connectivity index (χ1) is 14.3. The molecule has 6 heteroatoms. The highest BCUT2D eigenvalue weighted by Crippen LogP contribution is 2.19. The number of carbonyl (C=O) groups excluding carboxylic acids is 2. The number of hydrogen-bond donors (Lipinski definition) is 1. The largest absolute Gasteiger partial charge is 0.354 e. The van der Waals surface area contributed by atoms with E-state index in [0.717, 1.165) is 6.42 Å². The predicted octanol–water partition coefficient (Wildman–Crippen LogP) is 4.62. The normalized spacial score (nSPS) is 11.8. The van der Waals surface area contributed by atoms with E-state index in [1.165, 1.54) is 39.4 Å². The predicted molar refractivity (Wildman–Crippen MR) is 122 cm³/mol. The SMILES string of the molecule is CCCNC(=O)C(C)N(Cc1ccccc1F)C(=O)CSCc1cc(C)cc(C)c1. The van der Waals surface area contributed by atoms with Gasteiger partial charge < -0.3 is 10.2 Å². The van der Waals surface area contributed by atoms with E-state index in [4.69, 9.17) is 0 Å². The second-order valence-electron chi connectivity index (χ2n) is 7.57. The number of thioether (sulfide) groups is 1. The quantitative estimate of drug-likeness (QED) is 0.598. The van der Waals surface area contributed by atoms with Crippen molar-refractivity contribution in [3.8, 4) is 0 Å². The molecule has 30 heavy (non-hydrogen) atoms. The van der Waals surface area contributed by atoms with Gasteiger partial charge in [-0.1, -0.05) is 54.4 Å². The highest BCUT2D eigenvalue weighted by Gasteiger charge is 2.26. The molecule has 1 atom stereocenters. The van der Waals surface area contributed by atoms with Crippen LogP contribution in [0, 0.1) is 19.7 Å². The average molecular weight is 431 g/mol. The van der Waals surface area contributed by atoms with E-state index in [0.29, 0.717) is 17.9 Å². The fourth-order valence-corrected chi connectivity index (χ4v) is 4.12. The van der Waals surface area contributed by atoms with Gasteiger partial charge in [-0.3, -0.25) is 9.59 Å². The summed E-state index contributed by atoms with van der Waals surface area (Å²) in [5, 5.41) is 2.83. The monoisotopic (exact) mass is 430 g/mol. The number of halogens is 1. The summed E-state index contributed by atoms with van der Waals surface area (Å²) in [7, 11) is 0. The summed E-state index contributed by atoms with van der Waals surface area (Å²) in [5.74, 6) is 0.164. The van der Waals surface area contributed by atoms with Crippen LogP contribution in [-0.2, 0) is 21.9 Å². The minimum atomic E-state index is -0.675.